The Bertz CT molecular complexity index is 397. The Balaban J connectivity index is 2.70. The van der Waals surface area contributed by atoms with Crippen LogP contribution in [-0.4, -0.2) is 43.5 Å². The monoisotopic (exact) mass is 256 g/mol. The number of halogens is 1. The fraction of sp³-hybridized carbons (Fsp3) is 0.455. The van der Waals surface area contributed by atoms with E-state index in [4.69, 9.17) is 11.6 Å². The van der Waals surface area contributed by atoms with Crippen LogP contribution in [-0.2, 0) is 11.3 Å². The van der Waals surface area contributed by atoms with Gasteiger partial charge in [-0.3, -0.25) is 9.69 Å². The van der Waals surface area contributed by atoms with E-state index in [-0.39, 0.29) is 5.91 Å². The molecule has 6 heteroatoms. The third kappa shape index (κ3) is 4.20. The van der Waals surface area contributed by atoms with Crippen LogP contribution in [0.2, 0.25) is 5.02 Å². The number of carbonyl (C=O) groups excluding carboxylic acids is 1. The van der Waals surface area contributed by atoms with Crippen LogP contribution in [0.1, 0.15) is 5.69 Å². The molecule has 0 saturated heterocycles. The Kier molecular flexibility index (Phi) is 5.18. The van der Waals surface area contributed by atoms with Gasteiger partial charge in [0.2, 0.25) is 5.91 Å². The Morgan fingerprint density at radius 3 is 2.76 bits per heavy atom. The molecule has 1 rings (SSSR count). The highest BCUT2D eigenvalue weighted by atomic mass is 35.5. The van der Waals surface area contributed by atoms with Crippen LogP contribution in [0.5, 0.6) is 0 Å². The number of aromatic nitrogens is 1. The Morgan fingerprint density at radius 1 is 1.47 bits per heavy atom. The van der Waals surface area contributed by atoms with Crippen LogP contribution >= 0.6 is 11.6 Å². The average molecular weight is 257 g/mol. The highest BCUT2D eigenvalue weighted by molar-refractivity contribution is 6.31. The Labute approximate surface area is 106 Å². The van der Waals surface area contributed by atoms with Gasteiger partial charge < -0.3 is 10.6 Å². The third-order valence-corrected chi connectivity index (χ3v) is 2.63. The molecule has 0 fully saturated rings. The molecule has 5 nitrogen and oxygen atoms in total. The van der Waals surface area contributed by atoms with Gasteiger partial charge in [-0.1, -0.05) is 11.6 Å². The van der Waals surface area contributed by atoms with Gasteiger partial charge in [-0.15, -0.1) is 0 Å². The number of nitrogens with zero attached hydrogens (tertiary/aromatic N) is 2. The molecule has 0 aliphatic rings. The highest BCUT2D eigenvalue weighted by Gasteiger charge is 2.09. The lowest BCUT2D eigenvalue weighted by molar-refractivity contribution is -0.121. The van der Waals surface area contributed by atoms with Gasteiger partial charge in [-0.25, -0.2) is 4.98 Å². The number of likely N-dealkylation sites (N-methyl/N-ethyl adjacent to an activating group) is 2. The van der Waals surface area contributed by atoms with Gasteiger partial charge >= 0.3 is 0 Å². The minimum absolute atomic E-state index is 0.0339. The molecule has 0 aromatic carbocycles. The maximum absolute atomic E-state index is 11.2. The topological polar surface area (TPSA) is 57.3 Å². The first-order chi connectivity index (χ1) is 8.06. The van der Waals surface area contributed by atoms with E-state index in [1.807, 2.05) is 18.0 Å². The van der Waals surface area contributed by atoms with Gasteiger partial charge in [-0.2, -0.15) is 0 Å². The summed E-state index contributed by atoms with van der Waals surface area (Å²) in [5, 5.41) is 6.13. The van der Waals surface area contributed by atoms with Crippen LogP contribution in [0.15, 0.2) is 12.1 Å². The molecule has 0 radical (unpaired) electrons. The van der Waals surface area contributed by atoms with Crippen molar-refractivity contribution in [3.8, 4) is 0 Å². The van der Waals surface area contributed by atoms with E-state index in [1.54, 1.807) is 20.2 Å². The summed E-state index contributed by atoms with van der Waals surface area (Å²) >= 11 is 6.05. The molecule has 17 heavy (non-hydrogen) atoms. The van der Waals surface area contributed by atoms with Crippen molar-refractivity contribution in [2.24, 2.45) is 0 Å². The van der Waals surface area contributed by atoms with Crippen molar-refractivity contribution in [1.82, 2.24) is 15.2 Å². The minimum Gasteiger partial charge on any atom is -0.373 e. The molecule has 94 valence electrons. The molecule has 0 aliphatic carbocycles. The number of carbonyl (C=O) groups is 1. The molecule has 2 N–H and O–H groups in total. The van der Waals surface area contributed by atoms with Crippen LogP contribution < -0.4 is 10.6 Å². The number of anilines is 1. The zero-order valence-corrected chi connectivity index (χ0v) is 11.0. The molecule has 1 heterocycles. The number of amides is 1. The zero-order valence-electron chi connectivity index (χ0n) is 10.2. The van der Waals surface area contributed by atoms with Crippen molar-refractivity contribution in [3.05, 3.63) is 22.8 Å². The van der Waals surface area contributed by atoms with E-state index in [1.165, 1.54) is 0 Å². The minimum atomic E-state index is -0.0339. The Morgan fingerprint density at radius 2 is 2.18 bits per heavy atom. The van der Waals surface area contributed by atoms with E-state index < -0.39 is 0 Å². The predicted octanol–water partition coefficient (Wildman–Crippen LogP) is 0.954. The van der Waals surface area contributed by atoms with Gasteiger partial charge in [0.25, 0.3) is 0 Å². The van der Waals surface area contributed by atoms with Crippen molar-refractivity contribution in [3.63, 3.8) is 0 Å². The lowest BCUT2D eigenvalue weighted by Gasteiger charge is -2.16. The van der Waals surface area contributed by atoms with Gasteiger partial charge in [0, 0.05) is 20.6 Å². The van der Waals surface area contributed by atoms with E-state index in [2.05, 4.69) is 15.6 Å². The molecular weight excluding hydrogens is 240 g/mol. The number of hydrogen-bond donors (Lipinski definition) is 2. The summed E-state index contributed by atoms with van der Waals surface area (Å²) in [6.07, 6.45) is 0. The summed E-state index contributed by atoms with van der Waals surface area (Å²) in [5.41, 5.74) is 0.755. The Hall–Kier alpha value is -1.33. The molecular formula is C11H17ClN4O. The predicted molar refractivity (Wildman–Crippen MR) is 69.2 cm³/mol. The first-order valence-electron chi connectivity index (χ1n) is 5.29. The highest BCUT2D eigenvalue weighted by Crippen LogP contribution is 2.17. The molecule has 1 aromatic heterocycles. The first kappa shape index (κ1) is 13.7. The lowest BCUT2D eigenvalue weighted by Crippen LogP contribution is -2.32. The number of nitrogens with one attached hydrogen (secondary N) is 2. The summed E-state index contributed by atoms with van der Waals surface area (Å²) < 4.78 is 0. The van der Waals surface area contributed by atoms with E-state index in [0.717, 1.165) is 11.5 Å². The standard InChI is InChI=1S/C11H17ClN4O/c1-13-10-5-4-8(12)9(15-10)6-16(3)7-11(17)14-2/h4-5H,6-7H2,1-3H3,(H,13,15)(H,14,17). The number of rotatable bonds is 5. The summed E-state index contributed by atoms with van der Waals surface area (Å²) in [7, 11) is 5.26. The van der Waals surface area contributed by atoms with Gasteiger partial charge in [-0.05, 0) is 19.2 Å². The normalized spacial score (nSPS) is 10.4. The average Bonchev–Trinajstić information content (AvgIpc) is 2.31. The fourth-order valence-corrected chi connectivity index (χ4v) is 1.54. The number of hydrogen-bond acceptors (Lipinski definition) is 4. The van der Waals surface area contributed by atoms with E-state index in [0.29, 0.717) is 18.1 Å². The summed E-state index contributed by atoms with van der Waals surface area (Å²) in [4.78, 5) is 17.4. The molecule has 0 atom stereocenters. The van der Waals surface area contributed by atoms with Crippen LogP contribution in [0, 0.1) is 0 Å². The lowest BCUT2D eigenvalue weighted by atomic mass is 10.3. The summed E-state index contributed by atoms with van der Waals surface area (Å²) in [5.74, 6) is 0.728. The molecule has 0 aliphatic heterocycles. The fourth-order valence-electron chi connectivity index (χ4n) is 1.37. The van der Waals surface area contributed by atoms with Crippen molar-refractivity contribution in [1.29, 1.82) is 0 Å². The van der Waals surface area contributed by atoms with Crippen molar-refractivity contribution < 1.29 is 4.79 Å². The molecule has 0 unspecified atom stereocenters. The maximum atomic E-state index is 11.2. The zero-order chi connectivity index (χ0) is 12.8. The molecule has 0 bridgehead atoms. The molecule has 1 aromatic rings. The van der Waals surface area contributed by atoms with E-state index in [9.17, 15) is 4.79 Å². The summed E-state index contributed by atoms with van der Waals surface area (Å²) in [6.45, 7) is 0.847. The molecule has 0 spiro atoms. The quantitative estimate of drug-likeness (QED) is 0.824. The van der Waals surface area contributed by atoms with Crippen molar-refractivity contribution in [2.75, 3.05) is 33.0 Å². The van der Waals surface area contributed by atoms with Gasteiger partial charge in [0.1, 0.15) is 5.82 Å². The van der Waals surface area contributed by atoms with Crippen molar-refractivity contribution >= 4 is 23.3 Å². The second-order valence-corrected chi connectivity index (χ2v) is 4.13. The second-order valence-electron chi connectivity index (χ2n) is 3.72. The van der Waals surface area contributed by atoms with Crippen LogP contribution in [0.4, 0.5) is 5.82 Å². The number of pyridine rings is 1. The summed E-state index contributed by atoms with van der Waals surface area (Å²) in [6, 6.07) is 3.61. The second kappa shape index (κ2) is 6.42. The van der Waals surface area contributed by atoms with Crippen molar-refractivity contribution in [2.45, 2.75) is 6.54 Å². The molecule has 1 amide bonds. The van der Waals surface area contributed by atoms with Crippen LogP contribution in [0.3, 0.4) is 0 Å². The molecule has 0 saturated carbocycles. The largest absolute Gasteiger partial charge is 0.373 e. The maximum Gasteiger partial charge on any atom is 0.233 e. The first-order valence-corrected chi connectivity index (χ1v) is 5.67. The smallest absolute Gasteiger partial charge is 0.233 e. The van der Waals surface area contributed by atoms with E-state index >= 15 is 0 Å². The van der Waals surface area contributed by atoms with Gasteiger partial charge in [0.15, 0.2) is 0 Å². The van der Waals surface area contributed by atoms with Crippen LogP contribution in [0.25, 0.3) is 0 Å². The third-order valence-electron chi connectivity index (χ3n) is 2.29. The van der Waals surface area contributed by atoms with Gasteiger partial charge in [0.05, 0.1) is 17.3 Å². The SMILES string of the molecule is CNC(=O)CN(C)Cc1nc(NC)ccc1Cl.